The van der Waals surface area contributed by atoms with E-state index in [0.29, 0.717) is 12.4 Å². The number of nitrogens with zero attached hydrogens (tertiary/aromatic N) is 2. The van der Waals surface area contributed by atoms with Crippen LogP contribution in [0.25, 0.3) is 0 Å². The van der Waals surface area contributed by atoms with Gasteiger partial charge in [-0.1, -0.05) is 6.92 Å². The van der Waals surface area contributed by atoms with Gasteiger partial charge < -0.3 is 9.88 Å². The maximum absolute atomic E-state index is 12.3. The van der Waals surface area contributed by atoms with E-state index in [4.69, 9.17) is 0 Å². The highest BCUT2D eigenvalue weighted by Crippen LogP contribution is 2.28. The molecular formula is C9H14F3N3. The number of halogens is 3. The molecule has 1 rings (SSSR count). The first-order chi connectivity index (χ1) is 6.94. The Hall–Kier alpha value is -1.04. The minimum atomic E-state index is -4.18. The van der Waals surface area contributed by atoms with Gasteiger partial charge in [0.05, 0.1) is 12.5 Å². The molecule has 1 heterocycles. The molecule has 0 aliphatic carbocycles. The molecule has 15 heavy (non-hydrogen) atoms. The highest BCUT2D eigenvalue weighted by atomic mass is 19.4. The van der Waals surface area contributed by atoms with Gasteiger partial charge in [-0.15, -0.1) is 0 Å². The van der Waals surface area contributed by atoms with E-state index in [0.717, 1.165) is 0 Å². The summed E-state index contributed by atoms with van der Waals surface area (Å²) >= 11 is 0. The number of nitrogens with one attached hydrogen (secondary N) is 1. The van der Waals surface area contributed by atoms with Crippen molar-refractivity contribution in [2.75, 3.05) is 6.54 Å². The molecule has 0 fully saturated rings. The van der Waals surface area contributed by atoms with Crippen molar-refractivity contribution in [3.05, 3.63) is 18.2 Å². The van der Waals surface area contributed by atoms with Gasteiger partial charge in [0, 0.05) is 19.4 Å². The molecular weight excluding hydrogens is 207 g/mol. The van der Waals surface area contributed by atoms with Crippen molar-refractivity contribution in [3.8, 4) is 0 Å². The maximum atomic E-state index is 12.3. The summed E-state index contributed by atoms with van der Waals surface area (Å²) in [6.07, 6.45) is -1.95. The summed E-state index contributed by atoms with van der Waals surface area (Å²) in [5.74, 6) is 0.411. The molecule has 1 N–H and O–H groups in total. The van der Waals surface area contributed by atoms with Gasteiger partial charge >= 0.3 is 6.18 Å². The molecule has 3 nitrogen and oxygen atoms in total. The van der Waals surface area contributed by atoms with E-state index in [2.05, 4.69) is 10.3 Å². The lowest BCUT2D eigenvalue weighted by Crippen LogP contribution is -2.28. The molecule has 0 spiro atoms. The van der Waals surface area contributed by atoms with Crippen molar-refractivity contribution in [1.29, 1.82) is 0 Å². The molecule has 0 bridgehead atoms. The van der Waals surface area contributed by atoms with Crippen LogP contribution < -0.4 is 5.32 Å². The molecule has 0 aliphatic heterocycles. The molecule has 0 aromatic carbocycles. The Bertz CT molecular complexity index is 306. The lowest BCUT2D eigenvalue weighted by Gasteiger charge is -2.19. The fourth-order valence-corrected chi connectivity index (χ4v) is 1.45. The first kappa shape index (κ1) is 12.0. The Morgan fingerprint density at radius 3 is 2.60 bits per heavy atom. The molecule has 86 valence electrons. The zero-order valence-electron chi connectivity index (χ0n) is 8.67. The minimum absolute atomic E-state index is 0.411. The average molecular weight is 221 g/mol. The van der Waals surface area contributed by atoms with Crippen LogP contribution in [0.15, 0.2) is 12.4 Å². The first-order valence-electron chi connectivity index (χ1n) is 4.71. The second kappa shape index (κ2) is 4.65. The van der Waals surface area contributed by atoms with Crippen LogP contribution in [0.2, 0.25) is 0 Å². The third-order valence-corrected chi connectivity index (χ3v) is 2.06. The number of aryl methyl sites for hydroxylation is 1. The van der Waals surface area contributed by atoms with E-state index in [1.165, 1.54) is 6.20 Å². The van der Waals surface area contributed by atoms with Gasteiger partial charge in [0.1, 0.15) is 5.82 Å². The molecule has 6 heteroatoms. The van der Waals surface area contributed by atoms with Gasteiger partial charge in [0.15, 0.2) is 0 Å². The zero-order chi connectivity index (χ0) is 11.5. The summed E-state index contributed by atoms with van der Waals surface area (Å²) in [6.45, 7) is 2.25. The zero-order valence-corrected chi connectivity index (χ0v) is 8.67. The van der Waals surface area contributed by atoms with Crippen molar-refractivity contribution < 1.29 is 13.2 Å². The molecule has 0 aliphatic rings. The Kier molecular flexibility index (Phi) is 3.73. The maximum Gasteiger partial charge on any atom is 0.391 e. The second-order valence-electron chi connectivity index (χ2n) is 3.33. The summed E-state index contributed by atoms with van der Waals surface area (Å²) < 4.78 is 38.4. The number of imidazole rings is 1. The Balaban J connectivity index is 2.79. The highest BCUT2D eigenvalue weighted by Gasteiger charge is 2.33. The lowest BCUT2D eigenvalue weighted by molar-refractivity contribution is -0.140. The first-order valence-corrected chi connectivity index (χ1v) is 4.71. The fourth-order valence-electron chi connectivity index (χ4n) is 1.45. The molecule has 1 aromatic heterocycles. The number of hydrogen-bond donors (Lipinski definition) is 1. The van der Waals surface area contributed by atoms with Crippen LogP contribution >= 0.6 is 0 Å². The molecule has 1 aromatic rings. The van der Waals surface area contributed by atoms with Crippen molar-refractivity contribution in [2.45, 2.75) is 25.6 Å². The van der Waals surface area contributed by atoms with E-state index in [9.17, 15) is 13.2 Å². The van der Waals surface area contributed by atoms with Gasteiger partial charge in [-0.3, -0.25) is 0 Å². The van der Waals surface area contributed by atoms with Crippen LogP contribution in [0.3, 0.4) is 0 Å². The normalized spacial score (nSPS) is 14.2. The number of hydrogen-bond acceptors (Lipinski definition) is 2. The Morgan fingerprint density at radius 2 is 2.20 bits per heavy atom. The number of aromatic nitrogens is 2. The Morgan fingerprint density at radius 1 is 1.53 bits per heavy atom. The van der Waals surface area contributed by atoms with Gasteiger partial charge in [0.25, 0.3) is 0 Å². The third-order valence-electron chi connectivity index (χ3n) is 2.06. The largest absolute Gasteiger partial charge is 0.391 e. The molecule has 1 unspecified atom stereocenters. The standard InChI is InChI=1S/C9H14F3N3/c1-3-13-7(6-9(10,11)12)8-14-4-5-15(8)2/h4-5,7,13H,3,6H2,1-2H3. The van der Waals surface area contributed by atoms with Crippen LogP contribution in [0.5, 0.6) is 0 Å². The van der Waals surface area contributed by atoms with Crippen LogP contribution in [0.1, 0.15) is 25.2 Å². The van der Waals surface area contributed by atoms with Gasteiger partial charge in [0.2, 0.25) is 0 Å². The van der Waals surface area contributed by atoms with Crippen LogP contribution in [0.4, 0.5) is 13.2 Å². The van der Waals surface area contributed by atoms with Gasteiger partial charge in [-0.25, -0.2) is 4.98 Å². The molecule has 0 amide bonds. The van der Waals surface area contributed by atoms with Crippen molar-refractivity contribution >= 4 is 0 Å². The van der Waals surface area contributed by atoms with E-state index >= 15 is 0 Å². The van der Waals surface area contributed by atoms with E-state index in [-0.39, 0.29) is 0 Å². The van der Waals surface area contributed by atoms with Gasteiger partial charge in [-0.2, -0.15) is 13.2 Å². The predicted octanol–water partition coefficient (Wildman–Crippen LogP) is 2.02. The monoisotopic (exact) mass is 221 g/mol. The molecule has 1 atom stereocenters. The van der Waals surface area contributed by atoms with E-state index in [1.54, 1.807) is 24.7 Å². The van der Waals surface area contributed by atoms with Gasteiger partial charge in [-0.05, 0) is 6.54 Å². The molecule has 0 radical (unpaired) electrons. The third kappa shape index (κ3) is 3.54. The minimum Gasteiger partial charge on any atom is -0.337 e. The fraction of sp³-hybridized carbons (Fsp3) is 0.667. The van der Waals surface area contributed by atoms with Crippen molar-refractivity contribution in [1.82, 2.24) is 14.9 Å². The average Bonchev–Trinajstić information content (AvgIpc) is 2.48. The smallest absolute Gasteiger partial charge is 0.337 e. The number of rotatable bonds is 4. The summed E-state index contributed by atoms with van der Waals surface area (Å²) in [5, 5.41) is 2.78. The van der Waals surface area contributed by atoms with E-state index in [1.807, 2.05) is 0 Å². The predicted molar refractivity (Wildman–Crippen MR) is 50.3 cm³/mol. The quantitative estimate of drug-likeness (QED) is 0.843. The molecule has 0 saturated carbocycles. The lowest BCUT2D eigenvalue weighted by atomic mass is 10.2. The second-order valence-corrected chi connectivity index (χ2v) is 3.33. The van der Waals surface area contributed by atoms with Crippen LogP contribution in [-0.4, -0.2) is 22.3 Å². The number of alkyl halides is 3. The highest BCUT2D eigenvalue weighted by molar-refractivity contribution is 4.99. The van der Waals surface area contributed by atoms with E-state index < -0.39 is 18.6 Å². The van der Waals surface area contributed by atoms with Crippen molar-refractivity contribution in [3.63, 3.8) is 0 Å². The van der Waals surface area contributed by atoms with Crippen molar-refractivity contribution in [2.24, 2.45) is 7.05 Å². The summed E-state index contributed by atoms with van der Waals surface area (Å²) in [7, 11) is 1.68. The summed E-state index contributed by atoms with van der Waals surface area (Å²) in [5.41, 5.74) is 0. The van der Waals surface area contributed by atoms with Crippen LogP contribution in [0, 0.1) is 0 Å². The summed E-state index contributed by atoms with van der Waals surface area (Å²) in [4.78, 5) is 3.92. The topological polar surface area (TPSA) is 29.9 Å². The SMILES string of the molecule is CCNC(CC(F)(F)F)c1nccn1C. The Labute approximate surface area is 86.3 Å². The molecule has 0 saturated heterocycles. The summed E-state index contributed by atoms with van der Waals surface area (Å²) in [6, 6.07) is -0.769. The van der Waals surface area contributed by atoms with Crippen LogP contribution in [-0.2, 0) is 7.05 Å².